The van der Waals surface area contributed by atoms with Gasteiger partial charge in [-0.15, -0.1) is 0 Å². The highest BCUT2D eigenvalue weighted by atomic mass is 32.2. The Morgan fingerprint density at radius 3 is 2.75 bits per heavy atom. The van der Waals surface area contributed by atoms with Crippen molar-refractivity contribution in [3.8, 4) is 0 Å². The Morgan fingerprint density at radius 2 is 2.12 bits per heavy atom. The monoisotopic (exact) mass is 249 g/mol. The second kappa shape index (κ2) is 6.57. The number of aliphatic hydroxyl groups excluding tert-OH is 1. The Bertz CT molecular complexity index is 290. The summed E-state index contributed by atoms with van der Waals surface area (Å²) in [6, 6.07) is 0. The molecular formula is C11H23NO3S. The fourth-order valence-corrected chi connectivity index (χ4v) is 3.40. The van der Waals surface area contributed by atoms with Crippen LogP contribution in [0.3, 0.4) is 0 Å². The van der Waals surface area contributed by atoms with E-state index in [1.807, 2.05) is 6.92 Å². The smallest absolute Gasteiger partial charge is 0.211 e. The SMILES string of the molecule is CCCCS(=O)(=O)NCC1CCCC(O)C1. The van der Waals surface area contributed by atoms with Gasteiger partial charge in [-0.2, -0.15) is 0 Å². The van der Waals surface area contributed by atoms with E-state index in [4.69, 9.17) is 0 Å². The number of hydrogen-bond donors (Lipinski definition) is 2. The molecule has 0 aromatic carbocycles. The van der Waals surface area contributed by atoms with E-state index < -0.39 is 10.0 Å². The maximum Gasteiger partial charge on any atom is 0.211 e. The summed E-state index contributed by atoms with van der Waals surface area (Å²) in [5, 5.41) is 9.47. The molecule has 1 aliphatic rings. The Labute approximate surface area is 98.5 Å². The molecule has 2 unspecified atom stereocenters. The van der Waals surface area contributed by atoms with E-state index in [1.54, 1.807) is 0 Å². The highest BCUT2D eigenvalue weighted by Gasteiger charge is 2.21. The molecule has 1 rings (SSSR count). The van der Waals surface area contributed by atoms with Gasteiger partial charge in [0.15, 0.2) is 0 Å². The lowest BCUT2D eigenvalue weighted by atomic mass is 9.87. The van der Waals surface area contributed by atoms with Crippen LogP contribution in [-0.2, 0) is 10.0 Å². The fraction of sp³-hybridized carbons (Fsp3) is 1.00. The molecule has 4 nitrogen and oxygen atoms in total. The third-order valence-electron chi connectivity index (χ3n) is 3.11. The minimum absolute atomic E-state index is 0.221. The molecule has 0 bridgehead atoms. The van der Waals surface area contributed by atoms with Crippen LogP contribution in [0, 0.1) is 5.92 Å². The van der Waals surface area contributed by atoms with Gasteiger partial charge < -0.3 is 5.11 Å². The van der Waals surface area contributed by atoms with Gasteiger partial charge in [0.1, 0.15) is 0 Å². The summed E-state index contributed by atoms with van der Waals surface area (Å²) in [4.78, 5) is 0. The first kappa shape index (κ1) is 13.9. The highest BCUT2D eigenvalue weighted by molar-refractivity contribution is 7.89. The molecule has 1 fully saturated rings. The Kier molecular flexibility index (Phi) is 5.72. The van der Waals surface area contributed by atoms with Crippen molar-refractivity contribution in [3.63, 3.8) is 0 Å². The van der Waals surface area contributed by atoms with E-state index in [0.717, 1.165) is 32.1 Å². The van der Waals surface area contributed by atoms with E-state index in [2.05, 4.69) is 4.72 Å². The molecule has 1 aliphatic carbocycles. The first-order chi connectivity index (χ1) is 7.53. The van der Waals surface area contributed by atoms with E-state index in [9.17, 15) is 13.5 Å². The molecule has 0 radical (unpaired) electrons. The largest absolute Gasteiger partial charge is 0.393 e. The lowest BCUT2D eigenvalue weighted by Gasteiger charge is -2.25. The minimum Gasteiger partial charge on any atom is -0.393 e. The molecule has 0 heterocycles. The van der Waals surface area contributed by atoms with Crippen molar-refractivity contribution in [2.45, 2.75) is 51.6 Å². The van der Waals surface area contributed by atoms with E-state index in [-0.39, 0.29) is 11.9 Å². The van der Waals surface area contributed by atoms with Crippen molar-refractivity contribution in [2.24, 2.45) is 5.92 Å². The molecule has 2 atom stereocenters. The molecule has 2 N–H and O–H groups in total. The molecule has 96 valence electrons. The number of hydrogen-bond acceptors (Lipinski definition) is 3. The molecule has 0 aromatic heterocycles. The quantitative estimate of drug-likeness (QED) is 0.744. The molecule has 5 heteroatoms. The van der Waals surface area contributed by atoms with Crippen LogP contribution in [0.25, 0.3) is 0 Å². The third-order valence-corrected chi connectivity index (χ3v) is 4.55. The van der Waals surface area contributed by atoms with Crippen LogP contribution in [0.15, 0.2) is 0 Å². The van der Waals surface area contributed by atoms with Gasteiger partial charge in [0.25, 0.3) is 0 Å². The predicted molar refractivity (Wildman–Crippen MR) is 64.7 cm³/mol. The summed E-state index contributed by atoms with van der Waals surface area (Å²) in [7, 11) is -3.09. The molecule has 0 aromatic rings. The summed E-state index contributed by atoms with van der Waals surface area (Å²) in [6.07, 6.45) is 4.98. The van der Waals surface area contributed by atoms with Crippen molar-refractivity contribution in [3.05, 3.63) is 0 Å². The van der Waals surface area contributed by atoms with Crippen LogP contribution in [0.5, 0.6) is 0 Å². The molecule has 1 saturated carbocycles. The maximum atomic E-state index is 11.5. The average Bonchev–Trinajstić information content (AvgIpc) is 2.24. The lowest BCUT2D eigenvalue weighted by Crippen LogP contribution is -2.34. The maximum absolute atomic E-state index is 11.5. The van der Waals surface area contributed by atoms with Crippen LogP contribution >= 0.6 is 0 Å². The van der Waals surface area contributed by atoms with Crippen molar-refractivity contribution >= 4 is 10.0 Å². The third kappa shape index (κ3) is 5.27. The lowest BCUT2D eigenvalue weighted by molar-refractivity contribution is 0.102. The Balaban J connectivity index is 2.27. The zero-order valence-corrected chi connectivity index (χ0v) is 10.8. The van der Waals surface area contributed by atoms with Gasteiger partial charge in [0.05, 0.1) is 11.9 Å². The standard InChI is InChI=1S/C11H23NO3S/c1-2-3-7-16(14,15)12-9-10-5-4-6-11(13)8-10/h10-13H,2-9H2,1H3. The second-order valence-electron chi connectivity index (χ2n) is 4.71. The highest BCUT2D eigenvalue weighted by Crippen LogP contribution is 2.23. The normalized spacial score (nSPS) is 26.9. The summed E-state index contributed by atoms with van der Waals surface area (Å²) in [6.45, 7) is 2.47. The number of aliphatic hydroxyl groups is 1. The average molecular weight is 249 g/mol. The summed E-state index contributed by atoms with van der Waals surface area (Å²) >= 11 is 0. The molecule has 0 aliphatic heterocycles. The second-order valence-corrected chi connectivity index (χ2v) is 6.63. The number of sulfonamides is 1. The first-order valence-corrected chi connectivity index (χ1v) is 7.84. The van der Waals surface area contributed by atoms with Gasteiger partial charge in [-0.05, 0) is 31.6 Å². The molecule has 16 heavy (non-hydrogen) atoms. The summed E-state index contributed by atoms with van der Waals surface area (Å²) in [5.41, 5.74) is 0. The van der Waals surface area contributed by atoms with E-state index in [0.29, 0.717) is 18.9 Å². The van der Waals surface area contributed by atoms with Crippen LogP contribution in [-0.4, -0.2) is 31.9 Å². The zero-order chi connectivity index (χ0) is 12.0. The van der Waals surface area contributed by atoms with Gasteiger partial charge >= 0.3 is 0 Å². The van der Waals surface area contributed by atoms with Crippen LogP contribution < -0.4 is 4.72 Å². The molecule has 0 saturated heterocycles. The Morgan fingerprint density at radius 1 is 1.38 bits per heavy atom. The minimum atomic E-state index is -3.09. The topological polar surface area (TPSA) is 66.4 Å². The molecular weight excluding hydrogens is 226 g/mol. The van der Waals surface area contributed by atoms with Crippen LogP contribution in [0.2, 0.25) is 0 Å². The Hall–Kier alpha value is -0.130. The first-order valence-electron chi connectivity index (χ1n) is 6.19. The van der Waals surface area contributed by atoms with Gasteiger partial charge in [-0.25, -0.2) is 13.1 Å². The number of unbranched alkanes of at least 4 members (excludes halogenated alkanes) is 1. The van der Waals surface area contributed by atoms with Crippen molar-refractivity contribution in [1.82, 2.24) is 4.72 Å². The van der Waals surface area contributed by atoms with Crippen LogP contribution in [0.4, 0.5) is 0 Å². The van der Waals surface area contributed by atoms with Crippen molar-refractivity contribution < 1.29 is 13.5 Å². The van der Waals surface area contributed by atoms with Crippen molar-refractivity contribution in [2.75, 3.05) is 12.3 Å². The predicted octanol–water partition coefficient (Wildman–Crippen LogP) is 1.26. The number of rotatable bonds is 6. The van der Waals surface area contributed by atoms with Crippen LogP contribution in [0.1, 0.15) is 45.4 Å². The van der Waals surface area contributed by atoms with E-state index >= 15 is 0 Å². The van der Waals surface area contributed by atoms with Gasteiger partial charge in [0.2, 0.25) is 10.0 Å². The van der Waals surface area contributed by atoms with Gasteiger partial charge in [-0.1, -0.05) is 19.8 Å². The number of nitrogens with one attached hydrogen (secondary N) is 1. The summed E-state index contributed by atoms with van der Waals surface area (Å²) < 4.78 is 25.7. The van der Waals surface area contributed by atoms with Gasteiger partial charge in [-0.3, -0.25) is 0 Å². The van der Waals surface area contributed by atoms with Crippen molar-refractivity contribution in [1.29, 1.82) is 0 Å². The molecule has 0 spiro atoms. The van der Waals surface area contributed by atoms with E-state index in [1.165, 1.54) is 0 Å². The molecule has 0 amide bonds. The van der Waals surface area contributed by atoms with Gasteiger partial charge in [0, 0.05) is 6.54 Å². The summed E-state index contributed by atoms with van der Waals surface area (Å²) in [5.74, 6) is 0.527. The fourth-order valence-electron chi connectivity index (χ4n) is 2.10. The zero-order valence-electron chi connectivity index (χ0n) is 9.98.